The van der Waals surface area contributed by atoms with Crippen LogP contribution in [0.5, 0.6) is 0 Å². The molecule has 0 bridgehead atoms. The fourth-order valence-corrected chi connectivity index (χ4v) is 1.43. The first kappa shape index (κ1) is 9.32. The van der Waals surface area contributed by atoms with Crippen molar-refractivity contribution < 1.29 is 14.6 Å². The molecule has 1 heterocycles. The second-order valence-electron chi connectivity index (χ2n) is 3.16. The number of carbonyl (C=O) groups is 1. The highest BCUT2D eigenvalue weighted by Crippen LogP contribution is 2.13. The molecule has 1 N–H and O–H groups in total. The lowest BCUT2D eigenvalue weighted by molar-refractivity contribution is -0.0699. The third kappa shape index (κ3) is 2.11. The van der Waals surface area contributed by atoms with Crippen molar-refractivity contribution in [3.8, 4) is 0 Å². The minimum Gasteiger partial charge on any atom is -0.465 e. The van der Waals surface area contributed by atoms with Crippen molar-refractivity contribution in [2.24, 2.45) is 0 Å². The Morgan fingerprint density at radius 3 is 2.83 bits per heavy atom. The quantitative estimate of drug-likeness (QED) is 0.647. The van der Waals surface area contributed by atoms with Gasteiger partial charge in [0, 0.05) is 0 Å². The topological polar surface area (TPSA) is 49.8 Å². The number of ether oxygens (including phenoxy) is 1. The van der Waals surface area contributed by atoms with E-state index in [9.17, 15) is 4.79 Å². The van der Waals surface area contributed by atoms with Gasteiger partial charge in [-0.25, -0.2) is 4.79 Å². The van der Waals surface area contributed by atoms with Crippen molar-refractivity contribution in [3.05, 3.63) is 0 Å². The molecule has 0 radical (unpaired) electrons. The molecule has 0 spiro atoms. The van der Waals surface area contributed by atoms with Gasteiger partial charge in [-0.05, 0) is 13.3 Å². The molecule has 0 aromatic carbocycles. The number of hydrogen-bond acceptors (Lipinski definition) is 2. The predicted octanol–water partition coefficient (Wildman–Crippen LogP) is 1.16. The smallest absolute Gasteiger partial charge is 0.407 e. The first-order valence-electron chi connectivity index (χ1n) is 4.26. The number of morpholine rings is 1. The summed E-state index contributed by atoms with van der Waals surface area (Å²) in [5.41, 5.74) is 0. The standard InChI is InChI=1S/C8H15NO3/c1-3-7-5-9(8(10)11)4-6(2)12-7/h6-7H,3-5H2,1-2H3,(H,10,11). The summed E-state index contributed by atoms with van der Waals surface area (Å²) in [6.07, 6.45) is 0.127. The van der Waals surface area contributed by atoms with Crippen LogP contribution in [0.25, 0.3) is 0 Å². The lowest BCUT2D eigenvalue weighted by atomic mass is 10.2. The van der Waals surface area contributed by atoms with Gasteiger partial charge in [-0.2, -0.15) is 0 Å². The average Bonchev–Trinajstić information content (AvgIpc) is 2.03. The summed E-state index contributed by atoms with van der Waals surface area (Å²) < 4.78 is 5.51. The second kappa shape index (κ2) is 3.76. The molecular weight excluding hydrogens is 158 g/mol. The lowest BCUT2D eigenvalue weighted by Crippen LogP contribution is -2.48. The van der Waals surface area contributed by atoms with Gasteiger partial charge in [-0.3, -0.25) is 0 Å². The minimum absolute atomic E-state index is 0.0276. The van der Waals surface area contributed by atoms with Crippen LogP contribution in [-0.4, -0.2) is 41.4 Å². The Balaban J connectivity index is 2.51. The first-order valence-corrected chi connectivity index (χ1v) is 4.26. The molecule has 2 atom stereocenters. The van der Waals surface area contributed by atoms with Crippen LogP contribution in [0.3, 0.4) is 0 Å². The highest BCUT2D eigenvalue weighted by Gasteiger charge is 2.26. The van der Waals surface area contributed by atoms with Crippen LogP contribution in [-0.2, 0) is 4.74 Å². The molecule has 1 aliphatic heterocycles. The summed E-state index contributed by atoms with van der Waals surface area (Å²) in [6, 6.07) is 0. The van der Waals surface area contributed by atoms with Gasteiger partial charge in [0.2, 0.25) is 0 Å². The van der Waals surface area contributed by atoms with E-state index in [-0.39, 0.29) is 12.2 Å². The molecule has 70 valence electrons. The molecule has 0 saturated carbocycles. The number of nitrogens with zero attached hydrogens (tertiary/aromatic N) is 1. The summed E-state index contributed by atoms with van der Waals surface area (Å²) in [5.74, 6) is 0. The van der Waals surface area contributed by atoms with Gasteiger partial charge in [0.1, 0.15) is 0 Å². The van der Waals surface area contributed by atoms with Crippen molar-refractivity contribution in [2.45, 2.75) is 32.5 Å². The van der Waals surface area contributed by atoms with Crippen molar-refractivity contribution in [3.63, 3.8) is 0 Å². The van der Waals surface area contributed by atoms with Gasteiger partial charge in [0.25, 0.3) is 0 Å². The van der Waals surface area contributed by atoms with Crippen LogP contribution in [0.15, 0.2) is 0 Å². The molecule has 1 rings (SSSR count). The SMILES string of the molecule is CCC1CN(C(=O)O)CC(C)O1. The molecule has 0 aromatic heterocycles. The summed E-state index contributed by atoms with van der Waals surface area (Å²) in [4.78, 5) is 12.1. The summed E-state index contributed by atoms with van der Waals surface area (Å²) >= 11 is 0. The minimum atomic E-state index is -0.844. The summed E-state index contributed by atoms with van der Waals surface area (Å²) in [6.45, 7) is 4.91. The summed E-state index contributed by atoms with van der Waals surface area (Å²) in [5, 5.41) is 8.74. The third-order valence-corrected chi connectivity index (χ3v) is 2.05. The molecule has 1 aliphatic rings. The number of carboxylic acid groups (broad SMARTS) is 1. The maximum absolute atomic E-state index is 10.6. The van der Waals surface area contributed by atoms with E-state index in [1.807, 2.05) is 13.8 Å². The fourth-order valence-electron chi connectivity index (χ4n) is 1.43. The van der Waals surface area contributed by atoms with Crippen molar-refractivity contribution >= 4 is 6.09 Å². The molecule has 2 unspecified atom stereocenters. The molecule has 12 heavy (non-hydrogen) atoms. The van der Waals surface area contributed by atoms with E-state index in [2.05, 4.69) is 0 Å². The number of amides is 1. The van der Waals surface area contributed by atoms with E-state index in [4.69, 9.17) is 9.84 Å². The molecule has 1 fully saturated rings. The Morgan fingerprint density at radius 2 is 2.33 bits per heavy atom. The maximum atomic E-state index is 10.6. The van der Waals surface area contributed by atoms with Crippen molar-refractivity contribution in [1.82, 2.24) is 4.90 Å². The van der Waals surface area contributed by atoms with Crippen molar-refractivity contribution in [2.75, 3.05) is 13.1 Å². The highest BCUT2D eigenvalue weighted by atomic mass is 16.5. The molecular formula is C8H15NO3. The summed E-state index contributed by atoms with van der Waals surface area (Å²) in [7, 11) is 0. The molecule has 1 saturated heterocycles. The Hall–Kier alpha value is -0.770. The second-order valence-corrected chi connectivity index (χ2v) is 3.16. The Kier molecular flexibility index (Phi) is 2.92. The van der Waals surface area contributed by atoms with Gasteiger partial charge >= 0.3 is 6.09 Å². The van der Waals surface area contributed by atoms with Gasteiger partial charge in [0.15, 0.2) is 0 Å². The largest absolute Gasteiger partial charge is 0.465 e. The van der Waals surface area contributed by atoms with Crippen LogP contribution in [0.2, 0.25) is 0 Å². The van der Waals surface area contributed by atoms with E-state index in [0.29, 0.717) is 13.1 Å². The van der Waals surface area contributed by atoms with Crippen molar-refractivity contribution in [1.29, 1.82) is 0 Å². The number of hydrogen-bond donors (Lipinski definition) is 1. The maximum Gasteiger partial charge on any atom is 0.407 e. The lowest BCUT2D eigenvalue weighted by Gasteiger charge is -2.34. The van der Waals surface area contributed by atoms with E-state index in [0.717, 1.165) is 6.42 Å². The van der Waals surface area contributed by atoms with Crippen LogP contribution < -0.4 is 0 Å². The Bertz CT molecular complexity index is 172. The monoisotopic (exact) mass is 173 g/mol. The number of rotatable bonds is 1. The van der Waals surface area contributed by atoms with Crippen LogP contribution >= 0.6 is 0 Å². The average molecular weight is 173 g/mol. The van der Waals surface area contributed by atoms with Gasteiger partial charge < -0.3 is 14.7 Å². The predicted molar refractivity (Wildman–Crippen MR) is 44.2 cm³/mol. The highest BCUT2D eigenvalue weighted by molar-refractivity contribution is 5.65. The molecule has 1 amide bonds. The van der Waals surface area contributed by atoms with E-state index in [1.165, 1.54) is 4.90 Å². The normalized spacial score (nSPS) is 30.3. The van der Waals surface area contributed by atoms with E-state index in [1.54, 1.807) is 0 Å². The molecule has 4 heteroatoms. The fraction of sp³-hybridized carbons (Fsp3) is 0.875. The zero-order valence-corrected chi connectivity index (χ0v) is 7.49. The molecule has 0 aromatic rings. The van der Waals surface area contributed by atoms with Gasteiger partial charge in [-0.1, -0.05) is 6.92 Å². The van der Waals surface area contributed by atoms with Crippen LogP contribution in [0, 0.1) is 0 Å². The van der Waals surface area contributed by atoms with Gasteiger partial charge in [-0.15, -0.1) is 0 Å². The van der Waals surface area contributed by atoms with Crippen LogP contribution in [0.1, 0.15) is 20.3 Å². The zero-order valence-electron chi connectivity index (χ0n) is 7.49. The Morgan fingerprint density at radius 1 is 1.67 bits per heavy atom. The Labute approximate surface area is 72.1 Å². The first-order chi connectivity index (χ1) is 5.63. The van der Waals surface area contributed by atoms with E-state index < -0.39 is 6.09 Å². The van der Waals surface area contributed by atoms with Crippen LogP contribution in [0.4, 0.5) is 4.79 Å². The third-order valence-electron chi connectivity index (χ3n) is 2.05. The molecule has 0 aliphatic carbocycles. The van der Waals surface area contributed by atoms with Gasteiger partial charge in [0.05, 0.1) is 25.3 Å². The zero-order chi connectivity index (χ0) is 9.14. The van der Waals surface area contributed by atoms with E-state index >= 15 is 0 Å². The molecule has 4 nitrogen and oxygen atoms in total.